The van der Waals surface area contributed by atoms with Gasteiger partial charge in [0.05, 0.1) is 17.3 Å². The Morgan fingerprint density at radius 3 is 2.06 bits per heavy atom. The Bertz CT molecular complexity index is 1210. The van der Waals surface area contributed by atoms with Crippen LogP contribution < -0.4 is 4.90 Å². The Balaban J connectivity index is 1.40. The lowest BCUT2D eigenvalue weighted by Gasteiger charge is -2.36. The van der Waals surface area contributed by atoms with Crippen molar-refractivity contribution < 1.29 is 19.8 Å². The van der Waals surface area contributed by atoms with Crippen LogP contribution in [0.2, 0.25) is 0 Å². The molecule has 1 amide bonds. The van der Waals surface area contributed by atoms with Crippen LogP contribution in [0.5, 0.6) is 5.75 Å². The molecule has 0 bridgehead atoms. The molecule has 8 heteroatoms. The summed E-state index contributed by atoms with van der Waals surface area (Å²) in [6.45, 7) is 2.39. The van der Waals surface area contributed by atoms with E-state index in [1.54, 1.807) is 47.6 Å². The number of carboxylic acid groups (broad SMARTS) is 1. The Labute approximate surface area is 184 Å². The van der Waals surface area contributed by atoms with Crippen molar-refractivity contribution in [3.05, 3.63) is 83.4 Å². The van der Waals surface area contributed by atoms with Crippen LogP contribution in [0.15, 0.2) is 61.2 Å². The number of amides is 1. The van der Waals surface area contributed by atoms with Crippen LogP contribution in [-0.2, 0) is 0 Å². The predicted octanol–water partition coefficient (Wildman–Crippen LogP) is 2.24. The highest BCUT2D eigenvalue weighted by Crippen LogP contribution is 2.18. The number of carbonyl (C=O) groups is 2. The van der Waals surface area contributed by atoms with Crippen molar-refractivity contribution in [2.45, 2.75) is 0 Å². The van der Waals surface area contributed by atoms with Gasteiger partial charge < -0.3 is 20.0 Å². The first kappa shape index (κ1) is 20.9. The molecule has 0 saturated carbocycles. The third kappa shape index (κ3) is 4.84. The van der Waals surface area contributed by atoms with Crippen molar-refractivity contribution in [3.8, 4) is 17.6 Å². The SMILES string of the molecule is O=C(O)c1ccc(N2CCN(C(=O)c3cncc(C#Cc4cncc(O)c4)c3)CC2)cc1. The maximum Gasteiger partial charge on any atom is 0.335 e. The van der Waals surface area contributed by atoms with Gasteiger partial charge in [0.15, 0.2) is 0 Å². The van der Waals surface area contributed by atoms with E-state index in [-0.39, 0.29) is 17.2 Å². The largest absolute Gasteiger partial charge is 0.506 e. The minimum absolute atomic E-state index is 0.0378. The molecule has 160 valence electrons. The van der Waals surface area contributed by atoms with E-state index in [9.17, 15) is 14.7 Å². The number of carboxylic acids is 1. The van der Waals surface area contributed by atoms with Gasteiger partial charge in [-0.2, -0.15) is 0 Å². The van der Waals surface area contributed by atoms with E-state index in [4.69, 9.17) is 5.11 Å². The molecule has 0 atom stereocenters. The molecule has 1 fully saturated rings. The highest BCUT2D eigenvalue weighted by Gasteiger charge is 2.23. The van der Waals surface area contributed by atoms with Crippen LogP contribution in [-0.4, -0.2) is 63.1 Å². The monoisotopic (exact) mass is 428 g/mol. The smallest absolute Gasteiger partial charge is 0.335 e. The van der Waals surface area contributed by atoms with E-state index < -0.39 is 5.97 Å². The zero-order valence-corrected chi connectivity index (χ0v) is 17.1. The first-order chi connectivity index (χ1) is 15.5. The van der Waals surface area contributed by atoms with Crippen LogP contribution in [0.1, 0.15) is 31.8 Å². The second kappa shape index (κ2) is 9.18. The summed E-state index contributed by atoms with van der Waals surface area (Å²) < 4.78 is 0. The van der Waals surface area contributed by atoms with E-state index in [0.29, 0.717) is 42.9 Å². The summed E-state index contributed by atoms with van der Waals surface area (Å²) in [6.07, 6.45) is 5.99. The molecule has 3 aromatic rings. The van der Waals surface area contributed by atoms with Crippen molar-refractivity contribution in [1.29, 1.82) is 0 Å². The Kier molecular flexibility index (Phi) is 5.99. The average molecular weight is 428 g/mol. The third-order valence-electron chi connectivity index (χ3n) is 5.11. The third-order valence-corrected chi connectivity index (χ3v) is 5.11. The zero-order chi connectivity index (χ0) is 22.5. The van der Waals surface area contributed by atoms with E-state index in [1.165, 1.54) is 18.5 Å². The highest BCUT2D eigenvalue weighted by molar-refractivity contribution is 5.94. The lowest BCUT2D eigenvalue weighted by Crippen LogP contribution is -2.48. The zero-order valence-electron chi connectivity index (χ0n) is 17.1. The number of anilines is 1. The van der Waals surface area contributed by atoms with E-state index in [0.717, 1.165) is 5.69 Å². The van der Waals surface area contributed by atoms with Gasteiger partial charge in [-0.3, -0.25) is 14.8 Å². The molecule has 4 rings (SSSR count). The number of nitrogens with zero attached hydrogens (tertiary/aromatic N) is 4. The first-order valence-electron chi connectivity index (χ1n) is 9.98. The summed E-state index contributed by atoms with van der Waals surface area (Å²) in [5, 5.41) is 18.5. The van der Waals surface area contributed by atoms with Crippen molar-refractivity contribution in [2.75, 3.05) is 31.1 Å². The average Bonchev–Trinajstić information content (AvgIpc) is 2.83. The number of aromatic nitrogens is 2. The molecular weight excluding hydrogens is 408 g/mol. The molecule has 1 saturated heterocycles. The summed E-state index contributed by atoms with van der Waals surface area (Å²) in [5.41, 5.74) is 2.80. The molecule has 8 nitrogen and oxygen atoms in total. The molecule has 2 aromatic heterocycles. The molecule has 3 heterocycles. The summed E-state index contributed by atoms with van der Waals surface area (Å²) in [5.74, 6) is 4.82. The maximum atomic E-state index is 12.9. The van der Waals surface area contributed by atoms with Gasteiger partial charge in [-0.1, -0.05) is 11.8 Å². The molecule has 0 spiro atoms. The molecule has 0 radical (unpaired) electrons. The maximum absolute atomic E-state index is 12.9. The lowest BCUT2D eigenvalue weighted by molar-refractivity contribution is 0.0695. The fourth-order valence-electron chi connectivity index (χ4n) is 3.43. The number of hydrogen-bond acceptors (Lipinski definition) is 6. The van der Waals surface area contributed by atoms with Gasteiger partial charge in [-0.25, -0.2) is 4.79 Å². The van der Waals surface area contributed by atoms with Crippen molar-refractivity contribution >= 4 is 17.6 Å². The molecular formula is C24H20N4O4. The fraction of sp³-hybridized carbons (Fsp3) is 0.167. The number of aromatic carboxylic acids is 1. The van der Waals surface area contributed by atoms with Crippen LogP contribution in [0.3, 0.4) is 0 Å². The van der Waals surface area contributed by atoms with Gasteiger partial charge >= 0.3 is 5.97 Å². The van der Waals surface area contributed by atoms with Crippen LogP contribution in [0.25, 0.3) is 0 Å². The Morgan fingerprint density at radius 2 is 1.44 bits per heavy atom. The number of benzene rings is 1. The van der Waals surface area contributed by atoms with Crippen LogP contribution >= 0.6 is 0 Å². The van der Waals surface area contributed by atoms with Crippen molar-refractivity contribution in [2.24, 2.45) is 0 Å². The molecule has 1 aromatic carbocycles. The van der Waals surface area contributed by atoms with Crippen LogP contribution in [0.4, 0.5) is 5.69 Å². The highest BCUT2D eigenvalue weighted by atomic mass is 16.4. The Morgan fingerprint density at radius 1 is 0.812 bits per heavy atom. The number of rotatable bonds is 3. The summed E-state index contributed by atoms with van der Waals surface area (Å²) in [4.78, 5) is 35.9. The second-order valence-electron chi connectivity index (χ2n) is 7.28. The summed E-state index contributed by atoms with van der Waals surface area (Å²) >= 11 is 0. The van der Waals surface area contributed by atoms with Gasteiger partial charge in [0.2, 0.25) is 0 Å². The first-order valence-corrected chi connectivity index (χ1v) is 9.98. The number of carbonyl (C=O) groups excluding carboxylic acids is 1. The normalized spacial score (nSPS) is 13.2. The van der Waals surface area contributed by atoms with Gasteiger partial charge in [-0.05, 0) is 36.4 Å². The lowest BCUT2D eigenvalue weighted by atomic mass is 10.1. The molecule has 32 heavy (non-hydrogen) atoms. The van der Waals surface area contributed by atoms with Gasteiger partial charge in [0, 0.05) is 61.6 Å². The molecule has 1 aliphatic heterocycles. The predicted molar refractivity (Wildman–Crippen MR) is 118 cm³/mol. The van der Waals surface area contributed by atoms with Gasteiger partial charge in [-0.15, -0.1) is 0 Å². The minimum atomic E-state index is -0.953. The number of piperazine rings is 1. The van der Waals surface area contributed by atoms with E-state index in [1.807, 2.05) is 0 Å². The van der Waals surface area contributed by atoms with E-state index in [2.05, 4.69) is 26.7 Å². The van der Waals surface area contributed by atoms with Crippen molar-refractivity contribution in [3.63, 3.8) is 0 Å². The van der Waals surface area contributed by atoms with Gasteiger partial charge in [0.25, 0.3) is 5.91 Å². The molecule has 0 unspecified atom stereocenters. The topological polar surface area (TPSA) is 107 Å². The van der Waals surface area contributed by atoms with Crippen LogP contribution in [0, 0.1) is 11.8 Å². The molecule has 1 aliphatic rings. The summed E-state index contributed by atoms with van der Waals surface area (Å²) in [7, 11) is 0. The number of hydrogen-bond donors (Lipinski definition) is 2. The number of aromatic hydroxyl groups is 1. The minimum Gasteiger partial charge on any atom is -0.506 e. The molecule has 2 N–H and O–H groups in total. The van der Waals surface area contributed by atoms with E-state index >= 15 is 0 Å². The van der Waals surface area contributed by atoms with Gasteiger partial charge in [0.1, 0.15) is 5.75 Å². The van der Waals surface area contributed by atoms with Crippen molar-refractivity contribution in [1.82, 2.24) is 14.9 Å². The Hall–Kier alpha value is -4.38. The summed E-state index contributed by atoms with van der Waals surface area (Å²) in [6, 6.07) is 9.96. The standard InChI is InChI=1S/C24H20N4O4/c29-22-12-18(14-26-16-22)2-1-17-11-20(15-25-13-17)23(30)28-9-7-27(8-10-28)21-5-3-19(4-6-21)24(31)32/h3-6,11-16,29H,7-10H2,(H,31,32). The number of pyridine rings is 2. The molecule has 0 aliphatic carbocycles. The second-order valence-corrected chi connectivity index (χ2v) is 7.28. The fourth-order valence-corrected chi connectivity index (χ4v) is 3.43. The quantitative estimate of drug-likeness (QED) is 0.616.